The number of imide groups is 1. The summed E-state index contributed by atoms with van der Waals surface area (Å²) in [6.45, 7) is 5.40. The molecule has 1 aliphatic heterocycles. The summed E-state index contributed by atoms with van der Waals surface area (Å²) >= 11 is 0. The van der Waals surface area contributed by atoms with Crippen molar-refractivity contribution in [1.82, 2.24) is 10.2 Å². The summed E-state index contributed by atoms with van der Waals surface area (Å²) in [5, 5.41) is 15.2. The molecule has 0 radical (unpaired) electrons. The van der Waals surface area contributed by atoms with E-state index >= 15 is 0 Å². The number of nitrogens with zero attached hydrogens (tertiary/aromatic N) is 1. The van der Waals surface area contributed by atoms with Gasteiger partial charge in [0.1, 0.15) is 24.0 Å². The van der Waals surface area contributed by atoms with E-state index in [9.17, 15) is 14.7 Å². The van der Waals surface area contributed by atoms with Crippen LogP contribution in [-0.4, -0.2) is 41.2 Å². The van der Waals surface area contributed by atoms with E-state index < -0.39 is 17.7 Å². The summed E-state index contributed by atoms with van der Waals surface area (Å²) in [5.74, 6) is 0.319. The molecule has 0 saturated carbocycles. The topological polar surface area (TPSA) is 78.9 Å². The van der Waals surface area contributed by atoms with Crippen molar-refractivity contribution in [1.29, 1.82) is 0 Å². The standard InChI is InChI=1S/C25H26N2O4/c1-16-8-6-9-17(2)22(16)31-15-19(28)14-27-23(29)25(3,26-24(27)30)21-13-7-11-18-10-4-5-12-20(18)21/h4-13,19,28H,14-15H2,1-3H3,(H,26,30)/t19-,25-/m1/s1. The Morgan fingerprint density at radius 1 is 1.00 bits per heavy atom. The Bertz CT molecular complexity index is 1130. The van der Waals surface area contributed by atoms with Crippen LogP contribution in [0.2, 0.25) is 0 Å². The highest BCUT2D eigenvalue weighted by Crippen LogP contribution is 2.34. The Morgan fingerprint density at radius 3 is 2.39 bits per heavy atom. The summed E-state index contributed by atoms with van der Waals surface area (Å²) in [6, 6.07) is 18.7. The molecular weight excluding hydrogens is 392 g/mol. The number of β-amino-alcohol motifs (C(OH)–C–C–N with tert-alkyl or cyclic N) is 1. The van der Waals surface area contributed by atoms with Gasteiger partial charge in [-0.3, -0.25) is 9.69 Å². The van der Waals surface area contributed by atoms with Gasteiger partial charge in [0.25, 0.3) is 5.91 Å². The number of carbonyl (C=O) groups is 2. The van der Waals surface area contributed by atoms with Gasteiger partial charge in [0, 0.05) is 0 Å². The molecule has 160 valence electrons. The summed E-state index contributed by atoms with van der Waals surface area (Å²) in [5.41, 5.74) is 1.45. The number of para-hydroxylation sites is 1. The SMILES string of the molecule is Cc1cccc(C)c1OC[C@H](O)CN1C(=O)N[C@](C)(c2cccc3ccccc23)C1=O. The number of nitrogens with one attached hydrogen (secondary N) is 1. The number of carbonyl (C=O) groups excluding carboxylic acids is 2. The van der Waals surface area contributed by atoms with E-state index in [1.54, 1.807) is 6.92 Å². The van der Waals surface area contributed by atoms with Crippen molar-refractivity contribution in [3.8, 4) is 5.75 Å². The van der Waals surface area contributed by atoms with E-state index in [0.29, 0.717) is 5.75 Å². The molecule has 3 amide bonds. The fourth-order valence-corrected chi connectivity index (χ4v) is 4.18. The van der Waals surface area contributed by atoms with E-state index in [0.717, 1.165) is 32.4 Å². The lowest BCUT2D eigenvalue weighted by Gasteiger charge is -2.24. The molecule has 2 N–H and O–H groups in total. The maximum Gasteiger partial charge on any atom is 0.325 e. The minimum Gasteiger partial charge on any atom is -0.490 e. The van der Waals surface area contributed by atoms with Gasteiger partial charge in [-0.25, -0.2) is 4.79 Å². The van der Waals surface area contributed by atoms with E-state index in [1.165, 1.54) is 0 Å². The summed E-state index contributed by atoms with van der Waals surface area (Å²) in [6.07, 6.45) is -1.01. The van der Waals surface area contributed by atoms with Gasteiger partial charge in [-0.05, 0) is 48.2 Å². The third-order valence-electron chi connectivity index (χ3n) is 5.83. The molecule has 1 saturated heterocycles. The summed E-state index contributed by atoms with van der Waals surface area (Å²) < 4.78 is 5.78. The first-order valence-electron chi connectivity index (χ1n) is 10.3. The molecule has 2 atom stereocenters. The number of aliphatic hydroxyl groups excluding tert-OH is 1. The molecule has 0 unspecified atom stereocenters. The number of aryl methyl sites for hydroxylation is 2. The van der Waals surface area contributed by atoms with Crippen LogP contribution < -0.4 is 10.1 Å². The van der Waals surface area contributed by atoms with Crippen LogP contribution in [0, 0.1) is 13.8 Å². The molecule has 3 aromatic rings. The Kier molecular flexibility index (Phi) is 5.41. The van der Waals surface area contributed by atoms with Crippen LogP contribution in [0.5, 0.6) is 5.75 Å². The largest absolute Gasteiger partial charge is 0.490 e. The Hall–Kier alpha value is -3.38. The molecule has 4 rings (SSSR count). The number of hydrogen-bond donors (Lipinski definition) is 2. The fraction of sp³-hybridized carbons (Fsp3) is 0.280. The van der Waals surface area contributed by atoms with Crippen LogP contribution in [-0.2, 0) is 10.3 Å². The van der Waals surface area contributed by atoms with Crippen molar-refractivity contribution in [2.24, 2.45) is 0 Å². The van der Waals surface area contributed by atoms with Gasteiger partial charge in [-0.15, -0.1) is 0 Å². The number of hydrogen-bond acceptors (Lipinski definition) is 4. The number of ether oxygens (including phenoxy) is 1. The average Bonchev–Trinajstić information content (AvgIpc) is 2.96. The third-order valence-corrected chi connectivity index (χ3v) is 5.83. The van der Waals surface area contributed by atoms with Crippen molar-refractivity contribution in [3.05, 3.63) is 77.4 Å². The van der Waals surface area contributed by atoms with Crippen molar-refractivity contribution in [3.63, 3.8) is 0 Å². The zero-order valence-corrected chi connectivity index (χ0v) is 17.9. The molecule has 1 heterocycles. The fourth-order valence-electron chi connectivity index (χ4n) is 4.18. The third kappa shape index (κ3) is 3.75. The molecule has 0 aromatic heterocycles. The lowest BCUT2D eigenvalue weighted by atomic mass is 9.88. The van der Waals surface area contributed by atoms with Crippen LogP contribution in [0.15, 0.2) is 60.7 Å². The van der Waals surface area contributed by atoms with Gasteiger partial charge in [0.05, 0.1) is 6.54 Å². The Balaban J connectivity index is 1.52. The van der Waals surface area contributed by atoms with E-state index in [1.807, 2.05) is 74.5 Å². The molecule has 0 bridgehead atoms. The molecule has 6 nitrogen and oxygen atoms in total. The molecule has 3 aromatic carbocycles. The molecule has 0 spiro atoms. The van der Waals surface area contributed by atoms with E-state index in [2.05, 4.69) is 5.32 Å². The van der Waals surface area contributed by atoms with Gasteiger partial charge in [0.15, 0.2) is 0 Å². The number of amides is 3. The summed E-state index contributed by atoms with van der Waals surface area (Å²) in [4.78, 5) is 27.0. The monoisotopic (exact) mass is 418 g/mol. The second kappa shape index (κ2) is 8.04. The highest BCUT2D eigenvalue weighted by Gasteiger charge is 2.50. The van der Waals surface area contributed by atoms with Crippen LogP contribution >= 0.6 is 0 Å². The van der Waals surface area contributed by atoms with Gasteiger partial charge >= 0.3 is 6.03 Å². The number of aliphatic hydroxyl groups is 1. The first-order valence-corrected chi connectivity index (χ1v) is 10.3. The number of fused-ring (bicyclic) bond motifs is 1. The molecule has 31 heavy (non-hydrogen) atoms. The van der Waals surface area contributed by atoms with Gasteiger partial charge in [-0.1, -0.05) is 60.7 Å². The van der Waals surface area contributed by atoms with Crippen LogP contribution in [0.25, 0.3) is 10.8 Å². The zero-order chi connectivity index (χ0) is 22.2. The van der Waals surface area contributed by atoms with Gasteiger partial charge in [-0.2, -0.15) is 0 Å². The van der Waals surface area contributed by atoms with Crippen molar-refractivity contribution < 1.29 is 19.4 Å². The quantitative estimate of drug-likeness (QED) is 0.599. The minimum absolute atomic E-state index is 0.0201. The molecular formula is C25H26N2O4. The predicted octanol–water partition coefficient (Wildman–Crippen LogP) is 3.66. The second-order valence-corrected chi connectivity index (χ2v) is 8.18. The lowest BCUT2D eigenvalue weighted by molar-refractivity contribution is -0.132. The summed E-state index contributed by atoms with van der Waals surface area (Å²) in [7, 11) is 0. The average molecular weight is 418 g/mol. The zero-order valence-electron chi connectivity index (χ0n) is 17.9. The maximum absolute atomic E-state index is 13.3. The van der Waals surface area contributed by atoms with Crippen molar-refractivity contribution >= 4 is 22.7 Å². The first-order chi connectivity index (χ1) is 14.8. The minimum atomic E-state index is -1.20. The maximum atomic E-state index is 13.3. The number of urea groups is 1. The second-order valence-electron chi connectivity index (χ2n) is 8.18. The molecule has 6 heteroatoms. The first kappa shape index (κ1) is 20.9. The van der Waals surface area contributed by atoms with Crippen molar-refractivity contribution in [2.45, 2.75) is 32.4 Å². The molecule has 0 aliphatic carbocycles. The lowest BCUT2D eigenvalue weighted by Crippen LogP contribution is -2.43. The van der Waals surface area contributed by atoms with E-state index in [-0.39, 0.29) is 19.1 Å². The predicted molar refractivity (Wildman–Crippen MR) is 119 cm³/mol. The Labute approximate surface area is 181 Å². The Morgan fingerprint density at radius 2 is 1.65 bits per heavy atom. The van der Waals surface area contributed by atoms with Crippen LogP contribution in [0.4, 0.5) is 4.79 Å². The molecule has 1 aliphatic rings. The van der Waals surface area contributed by atoms with Crippen LogP contribution in [0.1, 0.15) is 23.6 Å². The highest BCUT2D eigenvalue weighted by molar-refractivity contribution is 6.09. The normalized spacial score (nSPS) is 19.5. The smallest absolute Gasteiger partial charge is 0.325 e. The molecule has 1 fully saturated rings. The van der Waals surface area contributed by atoms with Gasteiger partial charge in [0.2, 0.25) is 0 Å². The van der Waals surface area contributed by atoms with Crippen molar-refractivity contribution in [2.75, 3.05) is 13.2 Å². The number of benzene rings is 3. The van der Waals surface area contributed by atoms with E-state index in [4.69, 9.17) is 4.74 Å². The van der Waals surface area contributed by atoms with Gasteiger partial charge < -0.3 is 15.2 Å². The highest BCUT2D eigenvalue weighted by atomic mass is 16.5. The van der Waals surface area contributed by atoms with Crippen LogP contribution in [0.3, 0.4) is 0 Å². The number of rotatable bonds is 6.